The van der Waals surface area contributed by atoms with Gasteiger partial charge < -0.3 is 14.8 Å². The van der Waals surface area contributed by atoms with Crippen LogP contribution in [0.2, 0.25) is 0 Å². The first-order chi connectivity index (χ1) is 9.07. The lowest BCUT2D eigenvalue weighted by atomic mass is 9.69. The van der Waals surface area contributed by atoms with Gasteiger partial charge in [-0.2, -0.15) is 0 Å². The van der Waals surface area contributed by atoms with Crippen LogP contribution in [0.4, 0.5) is 0 Å². The second-order valence-electron chi connectivity index (χ2n) is 5.85. The average molecular weight is 263 g/mol. The van der Waals surface area contributed by atoms with Crippen LogP contribution in [-0.2, 0) is 5.41 Å². The predicted molar refractivity (Wildman–Crippen MR) is 78.2 cm³/mol. The van der Waals surface area contributed by atoms with Crippen molar-refractivity contribution in [2.75, 3.05) is 27.3 Å². The molecule has 0 spiro atoms. The molecule has 1 aromatic carbocycles. The Balaban J connectivity index is 2.32. The fourth-order valence-electron chi connectivity index (χ4n) is 2.96. The Bertz CT molecular complexity index is 401. The summed E-state index contributed by atoms with van der Waals surface area (Å²) in [5, 5.41) is 3.43. The van der Waals surface area contributed by atoms with Crippen molar-refractivity contribution >= 4 is 0 Å². The molecule has 0 aliphatic carbocycles. The zero-order valence-corrected chi connectivity index (χ0v) is 12.5. The topological polar surface area (TPSA) is 30.5 Å². The molecule has 0 unspecified atom stereocenters. The van der Waals surface area contributed by atoms with Crippen LogP contribution in [0.1, 0.15) is 32.3 Å². The van der Waals surface area contributed by atoms with Crippen molar-refractivity contribution in [3.8, 4) is 11.5 Å². The van der Waals surface area contributed by atoms with Gasteiger partial charge in [0.05, 0.1) is 14.2 Å². The molecule has 3 nitrogen and oxygen atoms in total. The quantitative estimate of drug-likeness (QED) is 0.906. The van der Waals surface area contributed by atoms with E-state index in [0.717, 1.165) is 24.6 Å². The van der Waals surface area contributed by atoms with Gasteiger partial charge in [0.1, 0.15) is 11.5 Å². The molecular formula is C16H25NO2. The standard InChI is InChI=1S/C16H25NO2/c1-16(2,12-5-7-17-8-6-12)13-9-14(18-3)11-15(10-13)19-4/h9-12,17H,5-8H2,1-4H3. The van der Waals surface area contributed by atoms with E-state index in [1.807, 2.05) is 6.07 Å². The smallest absolute Gasteiger partial charge is 0.122 e. The second-order valence-corrected chi connectivity index (χ2v) is 5.85. The van der Waals surface area contributed by atoms with Crippen molar-refractivity contribution in [1.29, 1.82) is 0 Å². The van der Waals surface area contributed by atoms with Gasteiger partial charge in [0.15, 0.2) is 0 Å². The van der Waals surface area contributed by atoms with E-state index in [-0.39, 0.29) is 5.41 Å². The van der Waals surface area contributed by atoms with Crippen molar-refractivity contribution in [3.63, 3.8) is 0 Å². The van der Waals surface area contributed by atoms with E-state index >= 15 is 0 Å². The van der Waals surface area contributed by atoms with Gasteiger partial charge >= 0.3 is 0 Å². The molecule has 0 saturated carbocycles. The van der Waals surface area contributed by atoms with Gasteiger partial charge in [0.25, 0.3) is 0 Å². The van der Waals surface area contributed by atoms with Gasteiger partial charge in [-0.15, -0.1) is 0 Å². The summed E-state index contributed by atoms with van der Waals surface area (Å²) < 4.78 is 10.8. The molecule has 0 atom stereocenters. The van der Waals surface area contributed by atoms with Crippen LogP contribution in [-0.4, -0.2) is 27.3 Å². The maximum Gasteiger partial charge on any atom is 0.122 e. The molecule has 0 amide bonds. The molecule has 2 rings (SSSR count). The molecule has 1 saturated heterocycles. The molecule has 1 aromatic rings. The molecule has 1 aliphatic heterocycles. The number of hydrogen-bond donors (Lipinski definition) is 1. The average Bonchev–Trinajstić information content (AvgIpc) is 2.47. The number of piperidine rings is 1. The summed E-state index contributed by atoms with van der Waals surface area (Å²) >= 11 is 0. The maximum atomic E-state index is 5.39. The Morgan fingerprint density at radius 1 is 1.00 bits per heavy atom. The van der Waals surface area contributed by atoms with Crippen molar-refractivity contribution < 1.29 is 9.47 Å². The SMILES string of the molecule is COc1cc(OC)cc(C(C)(C)C2CCNCC2)c1. The minimum atomic E-state index is 0.143. The molecular weight excluding hydrogens is 238 g/mol. The number of hydrogen-bond acceptors (Lipinski definition) is 3. The van der Waals surface area contributed by atoms with Crippen LogP contribution >= 0.6 is 0 Å². The Kier molecular flexibility index (Phi) is 4.35. The zero-order valence-electron chi connectivity index (χ0n) is 12.5. The van der Waals surface area contributed by atoms with E-state index in [9.17, 15) is 0 Å². The molecule has 19 heavy (non-hydrogen) atoms. The summed E-state index contributed by atoms with van der Waals surface area (Å²) in [5.74, 6) is 2.44. The minimum absolute atomic E-state index is 0.143. The van der Waals surface area contributed by atoms with Crippen molar-refractivity contribution in [2.24, 2.45) is 5.92 Å². The van der Waals surface area contributed by atoms with Gasteiger partial charge in [-0.1, -0.05) is 13.8 Å². The Morgan fingerprint density at radius 2 is 1.53 bits per heavy atom. The molecule has 106 valence electrons. The fraction of sp³-hybridized carbons (Fsp3) is 0.625. The zero-order chi connectivity index (χ0) is 13.9. The highest BCUT2D eigenvalue weighted by atomic mass is 16.5. The van der Waals surface area contributed by atoms with E-state index < -0.39 is 0 Å². The van der Waals surface area contributed by atoms with Crippen LogP contribution < -0.4 is 14.8 Å². The Labute approximate surface area is 116 Å². The highest BCUT2D eigenvalue weighted by Crippen LogP contribution is 2.39. The second kappa shape index (κ2) is 5.83. The van der Waals surface area contributed by atoms with Crippen LogP contribution in [0.3, 0.4) is 0 Å². The molecule has 3 heteroatoms. The first-order valence-corrected chi connectivity index (χ1v) is 7.02. The van der Waals surface area contributed by atoms with Crippen LogP contribution in [0.15, 0.2) is 18.2 Å². The molecule has 0 radical (unpaired) electrons. The summed E-state index contributed by atoms with van der Waals surface area (Å²) in [7, 11) is 3.41. The molecule has 1 fully saturated rings. The van der Waals surface area contributed by atoms with Crippen LogP contribution in [0.5, 0.6) is 11.5 Å². The maximum absolute atomic E-state index is 5.39. The lowest BCUT2D eigenvalue weighted by Crippen LogP contribution is -2.38. The van der Waals surface area contributed by atoms with Crippen molar-refractivity contribution in [2.45, 2.75) is 32.1 Å². The van der Waals surface area contributed by atoms with E-state index in [2.05, 4.69) is 31.3 Å². The minimum Gasteiger partial charge on any atom is -0.497 e. The number of ether oxygens (including phenoxy) is 2. The van der Waals surface area contributed by atoms with Gasteiger partial charge in [-0.3, -0.25) is 0 Å². The number of rotatable bonds is 4. The largest absolute Gasteiger partial charge is 0.497 e. The third kappa shape index (κ3) is 3.03. The van der Waals surface area contributed by atoms with Gasteiger partial charge in [0, 0.05) is 6.07 Å². The summed E-state index contributed by atoms with van der Waals surface area (Å²) in [6, 6.07) is 6.22. The number of benzene rings is 1. The molecule has 1 N–H and O–H groups in total. The van der Waals surface area contributed by atoms with Crippen molar-refractivity contribution in [3.05, 3.63) is 23.8 Å². The van der Waals surface area contributed by atoms with Crippen LogP contribution in [0.25, 0.3) is 0 Å². The molecule has 0 aromatic heterocycles. The third-order valence-corrected chi connectivity index (χ3v) is 4.46. The fourth-order valence-corrected chi connectivity index (χ4v) is 2.96. The summed E-state index contributed by atoms with van der Waals surface area (Å²) in [5.41, 5.74) is 1.44. The summed E-state index contributed by atoms with van der Waals surface area (Å²) in [4.78, 5) is 0. The normalized spacial score (nSPS) is 17.3. The van der Waals surface area contributed by atoms with Gasteiger partial charge in [0.2, 0.25) is 0 Å². The van der Waals surface area contributed by atoms with Crippen LogP contribution in [0, 0.1) is 5.92 Å². The van der Waals surface area contributed by atoms with Gasteiger partial charge in [-0.05, 0) is 55.0 Å². The number of nitrogens with one attached hydrogen (secondary N) is 1. The monoisotopic (exact) mass is 263 g/mol. The molecule has 0 bridgehead atoms. The van der Waals surface area contributed by atoms with E-state index in [1.165, 1.54) is 18.4 Å². The lowest BCUT2D eigenvalue weighted by molar-refractivity contribution is 0.245. The van der Waals surface area contributed by atoms with E-state index in [1.54, 1.807) is 14.2 Å². The summed E-state index contributed by atoms with van der Waals surface area (Å²) in [6.07, 6.45) is 2.46. The first-order valence-electron chi connectivity index (χ1n) is 7.02. The highest BCUT2D eigenvalue weighted by Gasteiger charge is 2.32. The number of methoxy groups -OCH3 is 2. The first kappa shape index (κ1) is 14.2. The van der Waals surface area contributed by atoms with Gasteiger partial charge in [-0.25, -0.2) is 0 Å². The Hall–Kier alpha value is -1.22. The third-order valence-electron chi connectivity index (χ3n) is 4.46. The highest BCUT2D eigenvalue weighted by molar-refractivity contribution is 5.41. The lowest BCUT2D eigenvalue weighted by Gasteiger charge is -2.38. The Morgan fingerprint density at radius 3 is 2.00 bits per heavy atom. The summed E-state index contributed by atoms with van der Waals surface area (Å²) in [6.45, 7) is 6.90. The molecule has 1 heterocycles. The molecule has 1 aliphatic rings. The van der Waals surface area contributed by atoms with Crippen molar-refractivity contribution in [1.82, 2.24) is 5.32 Å². The van der Waals surface area contributed by atoms with E-state index in [0.29, 0.717) is 5.92 Å². The predicted octanol–water partition coefficient (Wildman–Crippen LogP) is 2.98. The van der Waals surface area contributed by atoms with E-state index in [4.69, 9.17) is 9.47 Å².